The number of para-hydroxylation sites is 1. The molecule has 2 N–H and O–H groups in total. The Morgan fingerprint density at radius 2 is 1.74 bits per heavy atom. The molecule has 0 unspecified atom stereocenters. The molecule has 3 aromatic rings. The Morgan fingerprint density at radius 1 is 1.06 bits per heavy atom. The fourth-order valence-corrected chi connectivity index (χ4v) is 4.14. The minimum Gasteiger partial charge on any atom is -0.478 e. The van der Waals surface area contributed by atoms with Gasteiger partial charge in [-0.1, -0.05) is 48.0 Å². The Bertz CT molecular complexity index is 1030. The number of nitrogens with one attached hydrogen (secondary N) is 1. The molecule has 0 radical (unpaired) electrons. The molecular formula is C25H30ClN3O2. The van der Waals surface area contributed by atoms with Crippen LogP contribution in [0.25, 0.3) is 0 Å². The average Bonchev–Trinajstić information content (AvgIpc) is 2.99. The molecule has 0 saturated heterocycles. The highest BCUT2D eigenvalue weighted by atomic mass is 35.5. The second kappa shape index (κ2) is 10.5. The molecule has 164 valence electrons. The SMILES string of the molecule is Cc1c(CNCCCN(C)c2ccccc2)c(C(=O)O)c(C)n1Cc1ccccc1Cl. The van der Waals surface area contributed by atoms with Crippen molar-refractivity contribution in [3.8, 4) is 0 Å². The minimum absolute atomic E-state index is 0.387. The molecule has 31 heavy (non-hydrogen) atoms. The van der Waals surface area contributed by atoms with Gasteiger partial charge in [-0.3, -0.25) is 0 Å². The van der Waals surface area contributed by atoms with Crippen molar-refractivity contribution >= 4 is 23.3 Å². The highest BCUT2D eigenvalue weighted by Crippen LogP contribution is 2.25. The zero-order chi connectivity index (χ0) is 22.4. The Kier molecular flexibility index (Phi) is 7.77. The molecule has 0 aliphatic heterocycles. The standard InChI is InChI=1S/C25H30ClN3O2/c1-18-22(16-27-14-9-15-28(3)21-11-5-4-6-12-21)24(25(30)31)19(2)29(18)17-20-10-7-8-13-23(20)26/h4-8,10-13,27H,9,14-17H2,1-3H3,(H,30,31). The smallest absolute Gasteiger partial charge is 0.337 e. The van der Waals surface area contributed by atoms with Crippen LogP contribution in [0.15, 0.2) is 54.6 Å². The van der Waals surface area contributed by atoms with E-state index >= 15 is 0 Å². The molecule has 0 bridgehead atoms. The molecule has 2 aromatic carbocycles. The molecule has 6 heteroatoms. The van der Waals surface area contributed by atoms with E-state index in [1.807, 2.05) is 60.9 Å². The Morgan fingerprint density at radius 3 is 2.42 bits per heavy atom. The molecule has 1 heterocycles. The fourth-order valence-electron chi connectivity index (χ4n) is 3.95. The molecule has 0 amide bonds. The third kappa shape index (κ3) is 5.49. The lowest BCUT2D eigenvalue weighted by Gasteiger charge is -2.19. The largest absolute Gasteiger partial charge is 0.478 e. The highest BCUT2D eigenvalue weighted by Gasteiger charge is 2.22. The molecule has 0 saturated carbocycles. The van der Waals surface area contributed by atoms with Gasteiger partial charge in [-0.05, 0) is 50.6 Å². The first-order valence-electron chi connectivity index (χ1n) is 10.5. The minimum atomic E-state index is -0.890. The Balaban J connectivity index is 1.65. The van der Waals surface area contributed by atoms with Crippen molar-refractivity contribution in [2.45, 2.75) is 33.4 Å². The molecular weight excluding hydrogens is 410 g/mol. The van der Waals surface area contributed by atoms with Gasteiger partial charge >= 0.3 is 5.97 Å². The van der Waals surface area contributed by atoms with E-state index in [0.717, 1.165) is 42.0 Å². The number of nitrogens with zero attached hydrogens (tertiary/aromatic N) is 2. The highest BCUT2D eigenvalue weighted by molar-refractivity contribution is 6.31. The second-order valence-corrected chi connectivity index (χ2v) is 8.20. The Hall–Kier alpha value is -2.76. The van der Waals surface area contributed by atoms with Crippen LogP contribution in [0.3, 0.4) is 0 Å². The van der Waals surface area contributed by atoms with Gasteiger partial charge in [-0.15, -0.1) is 0 Å². The van der Waals surface area contributed by atoms with Crippen LogP contribution in [-0.4, -0.2) is 35.8 Å². The second-order valence-electron chi connectivity index (χ2n) is 7.79. The van der Waals surface area contributed by atoms with E-state index in [1.165, 1.54) is 5.69 Å². The molecule has 3 rings (SSSR count). The van der Waals surface area contributed by atoms with E-state index in [2.05, 4.69) is 29.4 Å². The van der Waals surface area contributed by atoms with Gasteiger partial charge in [-0.25, -0.2) is 4.79 Å². The van der Waals surface area contributed by atoms with E-state index in [9.17, 15) is 9.90 Å². The number of anilines is 1. The summed E-state index contributed by atoms with van der Waals surface area (Å²) in [4.78, 5) is 14.2. The molecule has 0 atom stereocenters. The van der Waals surface area contributed by atoms with Crippen LogP contribution < -0.4 is 10.2 Å². The van der Waals surface area contributed by atoms with Gasteiger partial charge in [0.1, 0.15) is 0 Å². The van der Waals surface area contributed by atoms with E-state index < -0.39 is 5.97 Å². The van der Waals surface area contributed by atoms with Crippen molar-refractivity contribution in [1.82, 2.24) is 9.88 Å². The fraction of sp³-hybridized carbons (Fsp3) is 0.320. The van der Waals surface area contributed by atoms with Gasteiger partial charge in [0.25, 0.3) is 0 Å². The first-order valence-corrected chi connectivity index (χ1v) is 10.9. The van der Waals surface area contributed by atoms with Gasteiger partial charge in [0.05, 0.1) is 5.56 Å². The van der Waals surface area contributed by atoms with Crippen LogP contribution in [0.2, 0.25) is 5.02 Å². The number of halogens is 1. The normalized spacial score (nSPS) is 11.0. The Labute approximate surface area is 189 Å². The van der Waals surface area contributed by atoms with Crippen molar-refractivity contribution in [3.05, 3.63) is 87.7 Å². The number of carboxylic acid groups (broad SMARTS) is 1. The number of aromatic carboxylic acids is 1. The number of aromatic nitrogens is 1. The predicted octanol–water partition coefficient (Wildman–Crippen LogP) is 5.12. The summed E-state index contributed by atoms with van der Waals surface area (Å²) in [5, 5.41) is 14.0. The van der Waals surface area contributed by atoms with Crippen LogP contribution in [-0.2, 0) is 13.1 Å². The number of benzene rings is 2. The first kappa shape index (κ1) is 22.9. The van der Waals surface area contributed by atoms with Gasteiger partial charge in [0.15, 0.2) is 0 Å². The van der Waals surface area contributed by atoms with Crippen LogP contribution in [0, 0.1) is 13.8 Å². The lowest BCUT2D eigenvalue weighted by Crippen LogP contribution is -2.24. The summed E-state index contributed by atoms with van der Waals surface area (Å²) in [6, 6.07) is 18.0. The van der Waals surface area contributed by atoms with Crippen LogP contribution in [0.1, 0.15) is 39.3 Å². The van der Waals surface area contributed by atoms with Gasteiger partial charge in [-0.2, -0.15) is 0 Å². The van der Waals surface area contributed by atoms with Crippen molar-refractivity contribution in [2.24, 2.45) is 0 Å². The lowest BCUT2D eigenvalue weighted by atomic mass is 10.1. The maximum Gasteiger partial charge on any atom is 0.337 e. The summed E-state index contributed by atoms with van der Waals surface area (Å²) in [5.74, 6) is -0.890. The number of carbonyl (C=O) groups is 1. The maximum atomic E-state index is 12.0. The molecule has 1 aromatic heterocycles. The topological polar surface area (TPSA) is 57.5 Å². The van der Waals surface area contributed by atoms with E-state index in [4.69, 9.17) is 11.6 Å². The van der Waals surface area contributed by atoms with Gasteiger partial charge in [0.2, 0.25) is 0 Å². The number of rotatable bonds is 10. The molecule has 0 aliphatic rings. The number of hydrogen-bond acceptors (Lipinski definition) is 3. The van der Waals surface area contributed by atoms with Gasteiger partial charge in [0, 0.05) is 54.3 Å². The van der Waals surface area contributed by atoms with Crippen LogP contribution in [0.5, 0.6) is 0 Å². The van der Waals surface area contributed by atoms with E-state index in [-0.39, 0.29) is 0 Å². The summed E-state index contributed by atoms with van der Waals surface area (Å²) in [5.41, 5.74) is 5.12. The van der Waals surface area contributed by atoms with E-state index in [0.29, 0.717) is 23.7 Å². The predicted molar refractivity (Wildman–Crippen MR) is 127 cm³/mol. The summed E-state index contributed by atoms with van der Waals surface area (Å²) >= 11 is 6.33. The van der Waals surface area contributed by atoms with Crippen molar-refractivity contribution in [3.63, 3.8) is 0 Å². The van der Waals surface area contributed by atoms with Crippen molar-refractivity contribution in [1.29, 1.82) is 0 Å². The maximum absolute atomic E-state index is 12.0. The third-order valence-corrected chi connectivity index (χ3v) is 6.12. The summed E-state index contributed by atoms with van der Waals surface area (Å²) in [6.07, 6.45) is 0.964. The van der Waals surface area contributed by atoms with Crippen molar-refractivity contribution in [2.75, 3.05) is 25.0 Å². The first-order chi connectivity index (χ1) is 14.9. The summed E-state index contributed by atoms with van der Waals surface area (Å²) < 4.78 is 2.05. The number of hydrogen-bond donors (Lipinski definition) is 2. The summed E-state index contributed by atoms with van der Waals surface area (Å²) in [6.45, 7) is 6.67. The molecule has 5 nitrogen and oxygen atoms in total. The van der Waals surface area contributed by atoms with Crippen LogP contribution >= 0.6 is 11.6 Å². The summed E-state index contributed by atoms with van der Waals surface area (Å²) in [7, 11) is 2.08. The third-order valence-electron chi connectivity index (χ3n) is 5.76. The zero-order valence-corrected chi connectivity index (χ0v) is 19.1. The van der Waals surface area contributed by atoms with Crippen molar-refractivity contribution < 1.29 is 9.90 Å². The average molecular weight is 440 g/mol. The quantitative estimate of drug-likeness (QED) is 0.430. The lowest BCUT2D eigenvalue weighted by molar-refractivity contribution is 0.0694. The zero-order valence-electron chi connectivity index (χ0n) is 18.4. The number of carboxylic acids is 1. The molecule has 0 fully saturated rings. The molecule has 0 spiro atoms. The van der Waals surface area contributed by atoms with Crippen LogP contribution in [0.4, 0.5) is 5.69 Å². The monoisotopic (exact) mass is 439 g/mol. The van der Waals surface area contributed by atoms with Gasteiger partial charge < -0.3 is 19.9 Å². The molecule has 0 aliphatic carbocycles. The van der Waals surface area contributed by atoms with E-state index in [1.54, 1.807) is 0 Å².